The zero-order valence-electron chi connectivity index (χ0n) is 14.2. The minimum atomic E-state index is -0.326. The Labute approximate surface area is 161 Å². The van der Waals surface area contributed by atoms with Crippen LogP contribution in [0.25, 0.3) is 16.9 Å². The van der Waals surface area contributed by atoms with E-state index in [1.54, 1.807) is 12.1 Å². The second-order valence-corrected chi connectivity index (χ2v) is 6.29. The lowest BCUT2D eigenvalue weighted by Gasteiger charge is -2.04. The van der Waals surface area contributed by atoms with Crippen LogP contribution in [0, 0.1) is 0 Å². The first-order valence-corrected chi connectivity index (χ1v) is 8.73. The van der Waals surface area contributed by atoms with E-state index in [1.807, 2.05) is 72.8 Å². The van der Waals surface area contributed by atoms with Crippen molar-refractivity contribution < 1.29 is 4.79 Å². The maximum absolute atomic E-state index is 12.9. The van der Waals surface area contributed by atoms with Gasteiger partial charge in [-0.1, -0.05) is 60.1 Å². The van der Waals surface area contributed by atoms with E-state index in [9.17, 15) is 4.79 Å². The van der Waals surface area contributed by atoms with Gasteiger partial charge >= 0.3 is 0 Å². The number of amides is 1. The molecule has 0 spiro atoms. The second-order valence-electron chi connectivity index (χ2n) is 5.85. The SMILES string of the molecule is O=C(Nc1ccccc1)c1nn(-c2ccccc2)nc1-c1ccc(Cl)cc1. The van der Waals surface area contributed by atoms with Gasteiger partial charge in [-0.05, 0) is 36.4 Å². The summed E-state index contributed by atoms with van der Waals surface area (Å²) in [5.41, 5.74) is 2.96. The van der Waals surface area contributed by atoms with Gasteiger partial charge < -0.3 is 5.32 Å². The summed E-state index contributed by atoms with van der Waals surface area (Å²) in [6, 6.07) is 25.9. The van der Waals surface area contributed by atoms with Gasteiger partial charge in [-0.15, -0.1) is 10.2 Å². The van der Waals surface area contributed by atoms with E-state index < -0.39 is 0 Å². The lowest BCUT2D eigenvalue weighted by atomic mass is 10.1. The van der Waals surface area contributed by atoms with Crippen LogP contribution in [0.2, 0.25) is 5.02 Å². The number of carbonyl (C=O) groups excluding carboxylic acids is 1. The van der Waals surface area contributed by atoms with E-state index in [0.717, 1.165) is 11.3 Å². The third kappa shape index (κ3) is 3.73. The molecule has 0 atom stereocenters. The van der Waals surface area contributed by atoms with Gasteiger partial charge in [0.1, 0.15) is 5.69 Å². The molecule has 27 heavy (non-hydrogen) atoms. The number of anilines is 1. The molecule has 0 radical (unpaired) electrons. The van der Waals surface area contributed by atoms with Crippen LogP contribution >= 0.6 is 11.6 Å². The Hall–Kier alpha value is -3.44. The quantitative estimate of drug-likeness (QED) is 0.556. The highest BCUT2D eigenvalue weighted by molar-refractivity contribution is 6.30. The summed E-state index contributed by atoms with van der Waals surface area (Å²) in [6.07, 6.45) is 0. The first-order valence-electron chi connectivity index (χ1n) is 8.36. The topological polar surface area (TPSA) is 59.8 Å². The molecule has 1 amide bonds. The van der Waals surface area contributed by atoms with Crippen molar-refractivity contribution in [3.05, 3.63) is 95.6 Å². The van der Waals surface area contributed by atoms with Crippen LogP contribution in [-0.4, -0.2) is 20.9 Å². The van der Waals surface area contributed by atoms with Gasteiger partial charge in [0, 0.05) is 16.3 Å². The van der Waals surface area contributed by atoms with E-state index in [1.165, 1.54) is 4.80 Å². The molecule has 0 saturated carbocycles. The molecular formula is C21H15ClN4O. The number of benzene rings is 3. The van der Waals surface area contributed by atoms with E-state index >= 15 is 0 Å². The smallest absolute Gasteiger partial charge is 0.278 e. The van der Waals surface area contributed by atoms with Gasteiger partial charge in [-0.2, -0.15) is 4.80 Å². The summed E-state index contributed by atoms with van der Waals surface area (Å²) >= 11 is 5.99. The molecule has 1 aromatic heterocycles. The molecule has 0 aliphatic rings. The normalized spacial score (nSPS) is 10.6. The number of para-hydroxylation sites is 2. The summed E-state index contributed by atoms with van der Waals surface area (Å²) in [7, 11) is 0. The van der Waals surface area contributed by atoms with Crippen LogP contribution in [0.15, 0.2) is 84.9 Å². The first-order chi connectivity index (χ1) is 13.2. The largest absolute Gasteiger partial charge is 0.321 e. The van der Waals surface area contributed by atoms with Gasteiger partial charge in [0.05, 0.1) is 5.69 Å². The van der Waals surface area contributed by atoms with Crippen LogP contribution in [-0.2, 0) is 0 Å². The predicted octanol–water partition coefficient (Wildman–Crippen LogP) is 4.84. The number of hydrogen-bond donors (Lipinski definition) is 1. The van der Waals surface area contributed by atoms with Crippen LogP contribution in [0.3, 0.4) is 0 Å². The highest BCUT2D eigenvalue weighted by atomic mass is 35.5. The van der Waals surface area contributed by atoms with E-state index in [0.29, 0.717) is 16.4 Å². The molecular weight excluding hydrogens is 360 g/mol. The molecule has 3 aromatic carbocycles. The molecule has 5 nitrogen and oxygen atoms in total. The fourth-order valence-corrected chi connectivity index (χ4v) is 2.78. The molecule has 1 heterocycles. The Bertz CT molecular complexity index is 1060. The van der Waals surface area contributed by atoms with Gasteiger partial charge in [0.15, 0.2) is 5.69 Å². The number of aromatic nitrogens is 3. The van der Waals surface area contributed by atoms with Crippen molar-refractivity contribution in [2.24, 2.45) is 0 Å². The van der Waals surface area contributed by atoms with Crippen molar-refractivity contribution in [2.75, 3.05) is 5.32 Å². The summed E-state index contributed by atoms with van der Waals surface area (Å²) in [4.78, 5) is 14.3. The Balaban J connectivity index is 1.77. The van der Waals surface area contributed by atoms with Crippen molar-refractivity contribution in [2.45, 2.75) is 0 Å². The Kier molecular flexibility index (Phi) is 4.68. The molecule has 0 unspecified atom stereocenters. The molecule has 132 valence electrons. The highest BCUT2D eigenvalue weighted by Gasteiger charge is 2.21. The average Bonchev–Trinajstić information content (AvgIpc) is 3.16. The van der Waals surface area contributed by atoms with E-state index in [-0.39, 0.29) is 11.6 Å². The van der Waals surface area contributed by atoms with Crippen LogP contribution in [0.4, 0.5) is 5.69 Å². The molecule has 0 aliphatic carbocycles. The highest BCUT2D eigenvalue weighted by Crippen LogP contribution is 2.24. The standard InChI is InChI=1S/C21H15ClN4O/c22-16-13-11-15(12-14-16)19-20(21(27)23-17-7-3-1-4-8-17)25-26(24-19)18-9-5-2-6-10-18/h1-14H,(H,23,27). The molecule has 0 fully saturated rings. The predicted molar refractivity (Wildman–Crippen MR) is 106 cm³/mol. The first kappa shape index (κ1) is 17.0. The lowest BCUT2D eigenvalue weighted by Crippen LogP contribution is -2.14. The minimum Gasteiger partial charge on any atom is -0.321 e. The van der Waals surface area contributed by atoms with Gasteiger partial charge in [-0.25, -0.2) is 0 Å². The lowest BCUT2D eigenvalue weighted by molar-refractivity contribution is 0.102. The summed E-state index contributed by atoms with van der Waals surface area (Å²) < 4.78 is 0. The molecule has 6 heteroatoms. The number of rotatable bonds is 4. The van der Waals surface area contributed by atoms with Crippen molar-refractivity contribution in [1.29, 1.82) is 0 Å². The molecule has 4 aromatic rings. The minimum absolute atomic E-state index is 0.241. The van der Waals surface area contributed by atoms with E-state index in [2.05, 4.69) is 15.5 Å². The fraction of sp³-hybridized carbons (Fsp3) is 0. The summed E-state index contributed by atoms with van der Waals surface area (Å²) in [6.45, 7) is 0. The number of halogens is 1. The van der Waals surface area contributed by atoms with Crippen molar-refractivity contribution >= 4 is 23.2 Å². The maximum Gasteiger partial charge on any atom is 0.278 e. The number of carbonyl (C=O) groups is 1. The third-order valence-electron chi connectivity index (χ3n) is 3.97. The molecule has 0 bridgehead atoms. The second kappa shape index (κ2) is 7.43. The van der Waals surface area contributed by atoms with Crippen molar-refractivity contribution in [1.82, 2.24) is 15.0 Å². The third-order valence-corrected chi connectivity index (χ3v) is 4.22. The number of hydrogen-bond acceptors (Lipinski definition) is 3. The van der Waals surface area contributed by atoms with Crippen LogP contribution in [0.1, 0.15) is 10.5 Å². The molecule has 1 N–H and O–H groups in total. The van der Waals surface area contributed by atoms with Gasteiger partial charge in [-0.3, -0.25) is 4.79 Å². The van der Waals surface area contributed by atoms with Crippen molar-refractivity contribution in [3.63, 3.8) is 0 Å². The Morgan fingerprint density at radius 1 is 0.815 bits per heavy atom. The zero-order chi connectivity index (χ0) is 18.6. The van der Waals surface area contributed by atoms with Crippen LogP contribution in [0.5, 0.6) is 0 Å². The number of nitrogens with one attached hydrogen (secondary N) is 1. The molecule has 0 aliphatic heterocycles. The monoisotopic (exact) mass is 374 g/mol. The molecule has 0 saturated heterocycles. The fourth-order valence-electron chi connectivity index (χ4n) is 2.65. The van der Waals surface area contributed by atoms with Gasteiger partial charge in [0.2, 0.25) is 0 Å². The molecule has 4 rings (SSSR count). The number of nitrogens with zero attached hydrogens (tertiary/aromatic N) is 3. The van der Waals surface area contributed by atoms with Gasteiger partial charge in [0.25, 0.3) is 5.91 Å². The summed E-state index contributed by atoms with van der Waals surface area (Å²) in [5, 5.41) is 12.5. The summed E-state index contributed by atoms with van der Waals surface area (Å²) in [5.74, 6) is -0.326. The van der Waals surface area contributed by atoms with E-state index in [4.69, 9.17) is 11.6 Å². The zero-order valence-corrected chi connectivity index (χ0v) is 15.0. The Morgan fingerprint density at radius 3 is 2.11 bits per heavy atom. The average molecular weight is 375 g/mol. The van der Waals surface area contributed by atoms with Crippen LogP contribution < -0.4 is 5.32 Å². The van der Waals surface area contributed by atoms with Crippen molar-refractivity contribution in [3.8, 4) is 16.9 Å². The Morgan fingerprint density at radius 2 is 1.44 bits per heavy atom. The maximum atomic E-state index is 12.9.